The molecule has 1 aromatic heterocycles. The molecule has 0 bridgehead atoms. The number of aromatic nitrogens is 1. The highest BCUT2D eigenvalue weighted by molar-refractivity contribution is 7.99. The van der Waals surface area contributed by atoms with Crippen LogP contribution < -0.4 is 27.4 Å². The second-order valence-corrected chi connectivity index (χ2v) is 14.3. The fourth-order valence-electron chi connectivity index (χ4n) is 6.44. The Hall–Kier alpha value is -3.87. The lowest BCUT2D eigenvalue weighted by molar-refractivity contribution is -0.142. The summed E-state index contributed by atoms with van der Waals surface area (Å²) in [7, 11) is 1.64. The van der Waals surface area contributed by atoms with Crippen molar-refractivity contribution in [3.8, 4) is 0 Å². The summed E-state index contributed by atoms with van der Waals surface area (Å²) in [5.74, 6) is -0.935. The lowest BCUT2D eigenvalue weighted by Crippen LogP contribution is -2.57. The highest BCUT2D eigenvalue weighted by Crippen LogP contribution is 2.40. The molecule has 0 aliphatic carbocycles. The molecular weight excluding hydrogens is 670 g/mol. The zero-order valence-corrected chi connectivity index (χ0v) is 30.3. The first-order valence-corrected chi connectivity index (χ1v) is 18.5. The van der Waals surface area contributed by atoms with Crippen molar-refractivity contribution in [3.05, 3.63) is 94.6 Å². The summed E-state index contributed by atoms with van der Waals surface area (Å²) in [6.45, 7) is 3.24. The number of carbonyl (C=O) groups excluding carboxylic acids is 3. The van der Waals surface area contributed by atoms with Crippen LogP contribution in [-0.4, -0.2) is 65.9 Å². The largest absolute Gasteiger partial charge is 0.361 e. The Morgan fingerprint density at radius 1 is 0.860 bits per heavy atom. The Balaban J connectivity index is 1.58. The molecule has 3 amide bonds. The predicted octanol–water partition coefficient (Wildman–Crippen LogP) is 5.04. The standard InChI is InChI=1S/C38H48ClN7O3S/c1-24-27-13-9-14-29(39)35(27)50-34-18-6-3-11-25(34)22-43-31(17-10-20-41)36(47)45-32(16-7-8-19-40)38(49)46(2)33(37(48)44-24)21-26-23-42-30-15-5-4-12-28(26)30/h3-6,9,11-15,18,23-24,31-33,42-43H,7-8,10,16-17,19-22,40-41H2,1-2H3,(H,44,48)(H,45,47). The number of hydrogen-bond acceptors (Lipinski definition) is 7. The van der Waals surface area contributed by atoms with E-state index >= 15 is 0 Å². The number of fused-ring (bicyclic) bond motifs is 3. The van der Waals surface area contributed by atoms with E-state index in [2.05, 4.69) is 20.9 Å². The minimum absolute atomic E-state index is 0.263. The summed E-state index contributed by atoms with van der Waals surface area (Å²) < 4.78 is 0. The molecule has 4 unspecified atom stereocenters. The van der Waals surface area contributed by atoms with Gasteiger partial charge in [0.15, 0.2) is 0 Å². The SMILES string of the molecule is CC1NC(=O)C(Cc2c[nH]c3ccccc23)N(C)C(=O)C(CCCCN)NC(=O)C(CCCN)NCc2ccccc2Sc2c(Cl)cccc21. The third-order valence-electron chi connectivity index (χ3n) is 9.33. The van der Waals surface area contributed by atoms with Gasteiger partial charge in [0.25, 0.3) is 0 Å². The molecule has 1 aliphatic rings. The second kappa shape index (κ2) is 17.9. The van der Waals surface area contributed by atoms with E-state index in [1.165, 1.54) is 16.7 Å². The van der Waals surface area contributed by atoms with Crippen LogP contribution in [0.15, 0.2) is 82.7 Å². The molecule has 12 heteroatoms. The van der Waals surface area contributed by atoms with Crippen LogP contribution in [0.2, 0.25) is 5.02 Å². The summed E-state index contributed by atoms with van der Waals surface area (Å²) in [5.41, 5.74) is 15.4. The number of nitrogens with two attached hydrogens (primary N) is 2. The summed E-state index contributed by atoms with van der Waals surface area (Å²) in [6, 6.07) is 18.8. The number of nitrogens with zero attached hydrogens (tertiary/aromatic N) is 1. The van der Waals surface area contributed by atoms with Gasteiger partial charge < -0.3 is 37.3 Å². The highest BCUT2D eigenvalue weighted by Gasteiger charge is 2.35. The molecule has 266 valence electrons. The molecule has 0 radical (unpaired) electrons. The smallest absolute Gasteiger partial charge is 0.245 e. The molecule has 50 heavy (non-hydrogen) atoms. The van der Waals surface area contributed by atoms with E-state index in [0.29, 0.717) is 56.8 Å². The molecule has 8 N–H and O–H groups in total. The van der Waals surface area contributed by atoms with Crippen LogP contribution in [-0.2, 0) is 27.3 Å². The van der Waals surface area contributed by atoms with Crippen LogP contribution in [0.25, 0.3) is 10.9 Å². The van der Waals surface area contributed by atoms with Gasteiger partial charge in [0.1, 0.15) is 12.1 Å². The zero-order valence-electron chi connectivity index (χ0n) is 28.7. The molecule has 0 fully saturated rings. The van der Waals surface area contributed by atoms with Gasteiger partial charge in [-0.1, -0.05) is 71.9 Å². The van der Waals surface area contributed by atoms with Gasteiger partial charge in [-0.2, -0.15) is 0 Å². The van der Waals surface area contributed by atoms with E-state index in [-0.39, 0.29) is 24.1 Å². The molecule has 4 aromatic rings. The molecule has 0 spiro atoms. The first kappa shape index (κ1) is 37.4. The van der Waals surface area contributed by atoms with Crippen LogP contribution in [0, 0.1) is 0 Å². The third kappa shape index (κ3) is 9.07. The van der Waals surface area contributed by atoms with E-state index < -0.39 is 24.2 Å². The number of hydrogen-bond donors (Lipinski definition) is 6. The number of aromatic amines is 1. The number of para-hydroxylation sites is 1. The number of likely N-dealkylation sites (N-methyl/N-ethyl adjacent to an activating group) is 1. The average molecular weight is 718 g/mol. The maximum Gasteiger partial charge on any atom is 0.245 e. The van der Waals surface area contributed by atoms with Gasteiger partial charge in [-0.15, -0.1) is 0 Å². The molecule has 3 aromatic carbocycles. The van der Waals surface area contributed by atoms with Crippen LogP contribution in [0.4, 0.5) is 0 Å². The molecule has 4 atom stereocenters. The Kier molecular flexibility index (Phi) is 13.4. The first-order chi connectivity index (χ1) is 24.2. The molecule has 0 saturated carbocycles. The van der Waals surface area contributed by atoms with Gasteiger partial charge in [0.2, 0.25) is 17.7 Å². The number of H-pyrrole nitrogens is 1. The summed E-state index contributed by atoms with van der Waals surface area (Å²) in [4.78, 5) is 49.4. The minimum atomic E-state index is -0.879. The van der Waals surface area contributed by atoms with Gasteiger partial charge in [-0.05, 0) is 87.0 Å². The zero-order chi connectivity index (χ0) is 35.6. The van der Waals surface area contributed by atoms with Crippen molar-refractivity contribution in [3.63, 3.8) is 0 Å². The van der Waals surface area contributed by atoms with E-state index in [0.717, 1.165) is 37.4 Å². The van der Waals surface area contributed by atoms with E-state index in [4.69, 9.17) is 23.1 Å². The number of carbonyl (C=O) groups is 3. The molecular formula is C38H48ClN7O3S. The number of benzene rings is 3. The number of amides is 3. The molecule has 10 nitrogen and oxygen atoms in total. The number of nitrogens with one attached hydrogen (secondary N) is 4. The van der Waals surface area contributed by atoms with Crippen LogP contribution in [0.3, 0.4) is 0 Å². The highest BCUT2D eigenvalue weighted by atomic mass is 35.5. The Labute approximate surface area is 303 Å². The van der Waals surface area contributed by atoms with Gasteiger partial charge in [-0.25, -0.2) is 0 Å². The normalized spacial score (nSPS) is 20.9. The van der Waals surface area contributed by atoms with Crippen molar-refractivity contribution < 1.29 is 14.4 Å². The first-order valence-electron chi connectivity index (χ1n) is 17.3. The minimum Gasteiger partial charge on any atom is -0.361 e. The molecule has 0 saturated heterocycles. The van der Waals surface area contributed by atoms with Crippen molar-refractivity contribution in [2.75, 3.05) is 20.1 Å². The summed E-state index contributed by atoms with van der Waals surface area (Å²) >= 11 is 8.37. The van der Waals surface area contributed by atoms with Crippen molar-refractivity contribution in [2.45, 2.75) is 86.0 Å². The van der Waals surface area contributed by atoms with Gasteiger partial charge >= 0.3 is 0 Å². The van der Waals surface area contributed by atoms with Gasteiger partial charge in [0.05, 0.1) is 17.1 Å². The second-order valence-electron chi connectivity index (χ2n) is 12.8. The fourth-order valence-corrected chi connectivity index (χ4v) is 7.90. The lowest BCUT2D eigenvalue weighted by Gasteiger charge is -2.32. The van der Waals surface area contributed by atoms with Crippen molar-refractivity contribution >= 4 is 52.0 Å². The van der Waals surface area contributed by atoms with Crippen molar-refractivity contribution in [2.24, 2.45) is 11.5 Å². The topological polar surface area (TPSA) is 158 Å². The molecule has 5 rings (SSSR count). The van der Waals surface area contributed by atoms with Crippen molar-refractivity contribution in [1.82, 2.24) is 25.8 Å². The number of halogens is 1. The van der Waals surface area contributed by atoms with E-state index in [9.17, 15) is 14.4 Å². The van der Waals surface area contributed by atoms with Gasteiger partial charge in [-0.3, -0.25) is 14.4 Å². The number of unbranched alkanes of at least 4 members (excludes halogenated alkanes) is 1. The maximum atomic E-state index is 14.4. The Bertz CT molecular complexity index is 1780. The van der Waals surface area contributed by atoms with Crippen LogP contribution in [0.1, 0.15) is 61.8 Å². The maximum absolute atomic E-state index is 14.4. The van der Waals surface area contributed by atoms with Gasteiger partial charge in [0, 0.05) is 46.9 Å². The Morgan fingerprint density at radius 3 is 2.40 bits per heavy atom. The summed E-state index contributed by atoms with van der Waals surface area (Å²) in [6.07, 6.45) is 5.00. The molecule has 1 aliphatic heterocycles. The van der Waals surface area contributed by atoms with E-state index in [1.54, 1.807) is 7.05 Å². The lowest BCUT2D eigenvalue weighted by atomic mass is 10.00. The number of rotatable bonds is 9. The quantitative estimate of drug-likeness (QED) is 0.132. The average Bonchev–Trinajstić information content (AvgIpc) is 3.53. The predicted molar refractivity (Wildman–Crippen MR) is 201 cm³/mol. The van der Waals surface area contributed by atoms with Crippen LogP contribution in [0.5, 0.6) is 0 Å². The third-order valence-corrected chi connectivity index (χ3v) is 11.0. The fraction of sp³-hybridized carbons (Fsp3) is 0.395. The monoisotopic (exact) mass is 717 g/mol. The van der Waals surface area contributed by atoms with E-state index in [1.807, 2.05) is 79.9 Å². The summed E-state index contributed by atoms with van der Waals surface area (Å²) in [5, 5.41) is 11.3. The van der Waals surface area contributed by atoms with Crippen LogP contribution >= 0.6 is 23.4 Å². The molecule has 2 heterocycles. The Morgan fingerprint density at radius 2 is 1.60 bits per heavy atom. The van der Waals surface area contributed by atoms with Crippen molar-refractivity contribution in [1.29, 1.82) is 0 Å².